The van der Waals surface area contributed by atoms with E-state index in [2.05, 4.69) is 143 Å². The van der Waals surface area contributed by atoms with Crippen molar-refractivity contribution in [3.63, 3.8) is 0 Å². The maximum Gasteiger partial charge on any atom is 0.140 e. The topological polar surface area (TPSA) is 35.0 Å². The van der Waals surface area contributed by atoms with Gasteiger partial charge in [-0.3, -0.25) is 9.97 Å². The van der Waals surface area contributed by atoms with E-state index in [1.54, 1.807) is 0 Å². The molecule has 1 aliphatic rings. The first-order valence-corrected chi connectivity index (χ1v) is 16.2. The molecular weight excluding hydrogens is 557 g/mol. The highest BCUT2D eigenvalue weighted by molar-refractivity contribution is 8.34. The molecule has 210 valence electrons. The second kappa shape index (κ2) is 11.0. The van der Waals surface area contributed by atoms with Crippen LogP contribution in [0.1, 0.15) is 0 Å². The average Bonchev–Trinajstić information content (AvgIpc) is 3.11. The first-order chi connectivity index (χ1) is 21.8. The number of pyridine rings is 2. The molecule has 3 heterocycles. The van der Waals surface area contributed by atoms with Crippen LogP contribution in [-0.2, 0) is 0 Å². The highest BCUT2D eigenvalue weighted by Crippen LogP contribution is 2.79. The summed E-state index contributed by atoms with van der Waals surface area (Å²) in [6, 6.07) is 52.0. The second-order valence-electron chi connectivity index (χ2n) is 10.7. The van der Waals surface area contributed by atoms with Crippen LogP contribution in [0.25, 0.3) is 33.4 Å². The molecular formula is C40H28N2OS. The maximum absolute atomic E-state index is 6.53. The first kappa shape index (κ1) is 26.2. The Hall–Kier alpha value is -5.45. The molecule has 0 saturated carbocycles. The molecule has 0 fully saturated rings. The third-order valence-corrected chi connectivity index (χ3v) is 12.1. The molecule has 0 spiro atoms. The Labute approximate surface area is 258 Å². The highest BCUT2D eigenvalue weighted by Gasteiger charge is 2.40. The van der Waals surface area contributed by atoms with Gasteiger partial charge in [0, 0.05) is 55.5 Å². The Bertz CT molecular complexity index is 1990. The number of rotatable bonds is 5. The molecule has 44 heavy (non-hydrogen) atoms. The lowest BCUT2D eigenvalue weighted by molar-refractivity contribution is 0.452. The average molecular weight is 585 g/mol. The van der Waals surface area contributed by atoms with Gasteiger partial charge in [-0.05, 0) is 101 Å². The van der Waals surface area contributed by atoms with Crippen LogP contribution in [0.5, 0.6) is 11.5 Å². The van der Waals surface area contributed by atoms with Crippen LogP contribution in [0.15, 0.2) is 190 Å². The summed E-state index contributed by atoms with van der Waals surface area (Å²) in [5, 5.41) is 0. The summed E-state index contributed by atoms with van der Waals surface area (Å²) in [7, 11) is -1.87. The Morgan fingerprint density at radius 2 is 0.886 bits per heavy atom. The van der Waals surface area contributed by atoms with Crippen LogP contribution in [0.2, 0.25) is 0 Å². The summed E-state index contributed by atoms with van der Waals surface area (Å²) in [5.74, 6) is 1.82. The molecule has 7 aromatic rings. The van der Waals surface area contributed by atoms with E-state index < -0.39 is 10.0 Å². The predicted molar refractivity (Wildman–Crippen MR) is 178 cm³/mol. The van der Waals surface area contributed by atoms with E-state index in [1.165, 1.54) is 19.6 Å². The highest BCUT2D eigenvalue weighted by atomic mass is 32.3. The number of benzene rings is 5. The molecule has 0 unspecified atom stereocenters. The van der Waals surface area contributed by atoms with Crippen LogP contribution in [0.4, 0.5) is 0 Å². The zero-order chi connectivity index (χ0) is 29.3. The summed E-state index contributed by atoms with van der Waals surface area (Å²) in [5.41, 5.74) is 6.69. The molecule has 0 aliphatic carbocycles. The van der Waals surface area contributed by atoms with E-state index in [0.29, 0.717) is 0 Å². The molecule has 0 atom stereocenters. The molecule has 0 amide bonds. The summed E-state index contributed by atoms with van der Waals surface area (Å²) in [6.07, 6.45) is 7.47. The number of para-hydroxylation sites is 2. The molecule has 5 aromatic carbocycles. The number of aromatic nitrogens is 2. The lowest BCUT2D eigenvalue weighted by atomic mass is 9.94. The molecule has 8 rings (SSSR count). The van der Waals surface area contributed by atoms with Crippen molar-refractivity contribution in [1.29, 1.82) is 0 Å². The van der Waals surface area contributed by atoms with E-state index in [9.17, 15) is 0 Å². The fourth-order valence-corrected chi connectivity index (χ4v) is 10.2. The lowest BCUT2D eigenvalue weighted by Crippen LogP contribution is -2.11. The van der Waals surface area contributed by atoms with Crippen molar-refractivity contribution in [2.24, 2.45) is 0 Å². The summed E-state index contributed by atoms with van der Waals surface area (Å²) < 4.78 is 6.53. The van der Waals surface area contributed by atoms with Gasteiger partial charge < -0.3 is 4.74 Å². The monoisotopic (exact) mass is 584 g/mol. The smallest absolute Gasteiger partial charge is 0.140 e. The van der Waals surface area contributed by atoms with Gasteiger partial charge in [0.1, 0.15) is 11.5 Å². The Kier molecular flexibility index (Phi) is 6.55. The van der Waals surface area contributed by atoms with E-state index >= 15 is 0 Å². The van der Waals surface area contributed by atoms with Gasteiger partial charge in [-0.25, -0.2) is 0 Å². The van der Waals surface area contributed by atoms with Gasteiger partial charge in [0.15, 0.2) is 0 Å². The van der Waals surface area contributed by atoms with Gasteiger partial charge in [-0.1, -0.05) is 66.7 Å². The molecule has 4 heteroatoms. The minimum absolute atomic E-state index is 0.910. The van der Waals surface area contributed by atoms with E-state index in [1.807, 2.05) is 36.9 Å². The normalized spacial score (nSPS) is 13.6. The molecule has 2 aromatic heterocycles. The number of ether oxygens (including phenoxy) is 1. The SMILES string of the molecule is c1ccc(S2(c3cccc(-c4cc(-c5cccnc5)cc(-c5cccnc5)c4)c3)c3ccccc3Oc3ccccc32)cc1. The van der Waals surface area contributed by atoms with Gasteiger partial charge >= 0.3 is 0 Å². The Morgan fingerprint density at radius 1 is 0.386 bits per heavy atom. The fourth-order valence-electron chi connectivity index (χ4n) is 6.14. The molecule has 0 bridgehead atoms. The van der Waals surface area contributed by atoms with E-state index in [-0.39, 0.29) is 0 Å². The van der Waals surface area contributed by atoms with E-state index in [0.717, 1.165) is 44.9 Å². The summed E-state index contributed by atoms with van der Waals surface area (Å²) in [6.45, 7) is 0. The van der Waals surface area contributed by atoms with Crippen LogP contribution in [0, 0.1) is 0 Å². The fraction of sp³-hybridized carbons (Fsp3) is 0. The Morgan fingerprint density at radius 3 is 1.45 bits per heavy atom. The third kappa shape index (κ3) is 4.39. The van der Waals surface area contributed by atoms with E-state index in [4.69, 9.17) is 4.74 Å². The van der Waals surface area contributed by atoms with Gasteiger partial charge in [0.25, 0.3) is 0 Å². The van der Waals surface area contributed by atoms with Crippen LogP contribution >= 0.6 is 10.0 Å². The van der Waals surface area contributed by atoms with Crippen molar-refractivity contribution < 1.29 is 4.74 Å². The zero-order valence-electron chi connectivity index (χ0n) is 23.9. The number of fused-ring (bicyclic) bond motifs is 2. The Balaban J connectivity index is 1.39. The largest absolute Gasteiger partial charge is 0.455 e. The molecule has 0 saturated heterocycles. The predicted octanol–water partition coefficient (Wildman–Crippen LogP) is 10.9. The van der Waals surface area contributed by atoms with Crippen LogP contribution in [-0.4, -0.2) is 9.97 Å². The minimum atomic E-state index is -1.87. The van der Waals surface area contributed by atoms with Gasteiger partial charge in [0.05, 0.1) is 0 Å². The third-order valence-electron chi connectivity index (χ3n) is 8.12. The standard InChI is InChI=1S/C40H28N2OS/c1-2-14-35(15-3-1)44(39-19-6-4-17-37(39)43-38-18-5-7-20-40(38)44)36-16-8-11-29(26-36)32-23-33(30-12-9-21-41-27-30)25-34(24-32)31-13-10-22-42-28-31/h1-28H. The van der Waals surface area contributed by atoms with Crippen LogP contribution < -0.4 is 4.74 Å². The minimum Gasteiger partial charge on any atom is -0.455 e. The van der Waals surface area contributed by atoms with Gasteiger partial charge in [0.2, 0.25) is 0 Å². The quantitative estimate of drug-likeness (QED) is 0.202. The van der Waals surface area contributed by atoms with Gasteiger partial charge in [-0.15, -0.1) is 10.0 Å². The second-order valence-corrected chi connectivity index (χ2v) is 13.8. The number of hydrogen-bond acceptors (Lipinski definition) is 3. The van der Waals surface area contributed by atoms with Crippen molar-refractivity contribution in [2.45, 2.75) is 19.6 Å². The molecule has 0 radical (unpaired) electrons. The molecule has 1 aliphatic heterocycles. The lowest BCUT2D eigenvalue weighted by Gasteiger charge is -2.46. The summed E-state index contributed by atoms with van der Waals surface area (Å²) in [4.78, 5) is 13.8. The molecule has 3 nitrogen and oxygen atoms in total. The van der Waals surface area contributed by atoms with Gasteiger partial charge in [-0.2, -0.15) is 0 Å². The van der Waals surface area contributed by atoms with Crippen molar-refractivity contribution >= 4 is 10.0 Å². The van der Waals surface area contributed by atoms with Crippen molar-refractivity contribution in [3.8, 4) is 44.9 Å². The zero-order valence-corrected chi connectivity index (χ0v) is 24.7. The molecule has 0 N–H and O–H groups in total. The summed E-state index contributed by atoms with van der Waals surface area (Å²) >= 11 is 0. The maximum atomic E-state index is 6.53. The van der Waals surface area contributed by atoms with Crippen molar-refractivity contribution in [3.05, 3.63) is 170 Å². The van der Waals surface area contributed by atoms with Crippen molar-refractivity contribution in [2.75, 3.05) is 0 Å². The number of hydrogen-bond donors (Lipinski definition) is 0. The first-order valence-electron chi connectivity index (χ1n) is 14.6. The van der Waals surface area contributed by atoms with Crippen LogP contribution in [0.3, 0.4) is 0 Å². The van der Waals surface area contributed by atoms with Crippen molar-refractivity contribution in [1.82, 2.24) is 9.97 Å². The number of nitrogens with zero attached hydrogens (tertiary/aromatic N) is 2.